The first kappa shape index (κ1) is 9.30. The van der Waals surface area contributed by atoms with E-state index in [0.717, 1.165) is 0 Å². The van der Waals surface area contributed by atoms with Crippen LogP contribution in [0, 0.1) is 0 Å². The van der Waals surface area contributed by atoms with Crippen LogP contribution in [0.1, 0.15) is 0 Å². The topological polar surface area (TPSA) is 78.9 Å². The van der Waals surface area contributed by atoms with Gasteiger partial charge >= 0.3 is 12.0 Å². The zero-order valence-electron chi connectivity index (χ0n) is 6.27. The molecule has 7 heteroatoms. The first-order valence-corrected chi connectivity index (χ1v) is 3.18. The first-order chi connectivity index (χ1) is 6.18. The van der Waals surface area contributed by atoms with Gasteiger partial charge < -0.3 is 18.3 Å². The highest BCUT2D eigenvalue weighted by atomic mass is 19.1. The number of hydrogen-bond donors (Lipinski definition) is 0. The Morgan fingerprint density at radius 2 is 1.92 bits per heavy atom. The van der Waals surface area contributed by atoms with E-state index in [9.17, 15) is 14.0 Å². The van der Waals surface area contributed by atoms with Gasteiger partial charge in [-0.05, 0) is 0 Å². The lowest BCUT2D eigenvalue weighted by Crippen LogP contribution is -1.98. The molecular weight excluding hydrogens is 187 g/mol. The van der Waals surface area contributed by atoms with E-state index in [-0.39, 0.29) is 6.61 Å². The summed E-state index contributed by atoms with van der Waals surface area (Å²) < 4.78 is 27.7. The Morgan fingerprint density at radius 1 is 1.31 bits per heavy atom. The van der Waals surface area contributed by atoms with Gasteiger partial charge in [0.15, 0.2) is 6.61 Å². The summed E-state index contributed by atoms with van der Waals surface area (Å²) in [5.41, 5.74) is 0. The molecule has 0 radical (unpaired) electrons. The summed E-state index contributed by atoms with van der Waals surface area (Å²) in [5.74, 6) is -0.657. The van der Waals surface area contributed by atoms with Crippen molar-refractivity contribution in [2.45, 2.75) is 6.36 Å². The van der Waals surface area contributed by atoms with E-state index in [1.165, 1.54) is 12.5 Å². The van der Waals surface area contributed by atoms with E-state index in [2.05, 4.69) is 18.3 Å². The van der Waals surface area contributed by atoms with Crippen LogP contribution in [0.2, 0.25) is 0 Å². The summed E-state index contributed by atoms with van der Waals surface area (Å²) in [5, 5.41) is 0. The summed E-state index contributed by atoms with van der Waals surface area (Å²) in [4.78, 5) is 19.5. The highest BCUT2D eigenvalue weighted by molar-refractivity contribution is 5.61. The average molecular weight is 192 g/mol. The number of rotatable bonds is 0. The fourth-order valence-corrected chi connectivity index (χ4v) is 0.500. The van der Waals surface area contributed by atoms with E-state index < -0.39 is 18.3 Å². The Bertz CT molecular complexity index is 298. The summed E-state index contributed by atoms with van der Waals surface area (Å²) in [7, 11) is 0. The minimum atomic E-state index is -1.55. The van der Waals surface area contributed by atoms with Crippen molar-refractivity contribution in [2.24, 2.45) is 0 Å². The van der Waals surface area contributed by atoms with Gasteiger partial charge in [0.1, 0.15) is 12.5 Å². The van der Waals surface area contributed by atoms with Gasteiger partial charge in [0.05, 0.1) is 0 Å². The van der Waals surface area contributed by atoms with E-state index in [4.69, 9.17) is 0 Å². The molecule has 2 heterocycles. The molecule has 6 nitrogen and oxygen atoms in total. The third kappa shape index (κ3) is 3.41. The molecule has 0 amide bonds. The van der Waals surface area contributed by atoms with Crippen LogP contribution in [-0.4, -0.2) is 19.1 Å². The number of halogens is 1. The Hall–Kier alpha value is -1.79. The quantitative estimate of drug-likeness (QED) is 0.562. The first-order valence-electron chi connectivity index (χ1n) is 3.18. The van der Waals surface area contributed by atoms with Gasteiger partial charge in [-0.1, -0.05) is 0 Å². The summed E-state index contributed by atoms with van der Waals surface area (Å²) in [6.45, 7) is -0.265. The average Bonchev–Trinajstić information content (AvgIpc) is 2.64. The van der Waals surface area contributed by atoms with Crippen molar-refractivity contribution in [2.75, 3.05) is 6.61 Å². The van der Waals surface area contributed by atoms with Gasteiger partial charge in [0.2, 0.25) is 0 Å². The van der Waals surface area contributed by atoms with E-state index in [1.807, 2.05) is 0 Å². The van der Waals surface area contributed by atoms with Crippen molar-refractivity contribution in [3.8, 4) is 0 Å². The molecule has 1 saturated heterocycles. The van der Waals surface area contributed by atoms with Gasteiger partial charge in [-0.25, -0.2) is 9.59 Å². The Kier molecular flexibility index (Phi) is 3.07. The van der Waals surface area contributed by atoms with Crippen molar-refractivity contribution >= 4 is 6.16 Å². The molecule has 1 aromatic heterocycles. The third-order valence-corrected chi connectivity index (χ3v) is 0.940. The van der Waals surface area contributed by atoms with Crippen LogP contribution in [0.4, 0.5) is 9.18 Å². The smallest absolute Gasteiger partial charge is 0.427 e. The molecule has 1 aromatic rings. The molecule has 0 saturated carbocycles. The molecule has 1 fully saturated rings. The molecule has 0 bridgehead atoms. The molecule has 2 rings (SSSR count). The molecule has 1 unspecified atom stereocenters. The number of ether oxygens (including phenoxy) is 2. The van der Waals surface area contributed by atoms with Gasteiger partial charge in [0.25, 0.3) is 6.36 Å². The molecule has 1 aliphatic rings. The van der Waals surface area contributed by atoms with Crippen LogP contribution in [0.15, 0.2) is 26.2 Å². The lowest BCUT2D eigenvalue weighted by Gasteiger charge is -1.85. The normalized spacial score (nSPS) is 19.8. The summed E-state index contributed by atoms with van der Waals surface area (Å²) in [6, 6.07) is 0. The number of hydrogen-bond acceptors (Lipinski definition) is 6. The molecule has 1 aliphatic heterocycles. The monoisotopic (exact) mass is 192 g/mol. The lowest BCUT2D eigenvalue weighted by molar-refractivity contribution is 0.0573. The molecular formula is C6H5FO6. The standard InChI is InChI=1S/C3H3FO3.C3H2O3/c4-2-1-6-3(5)7-2;4-3-5-1-2-6-3/h2H,1H2;1-2H. The van der Waals surface area contributed by atoms with Crippen molar-refractivity contribution in [1.82, 2.24) is 0 Å². The maximum atomic E-state index is 11.6. The summed E-state index contributed by atoms with van der Waals surface area (Å²) in [6.07, 6.45) is -0.106. The second-order valence-corrected chi connectivity index (χ2v) is 1.85. The number of cyclic esters (lactones) is 2. The SMILES string of the molecule is O=C1OCC(F)O1.O=c1occo1. The highest BCUT2D eigenvalue weighted by Gasteiger charge is 2.23. The van der Waals surface area contributed by atoms with Gasteiger partial charge in [-0.15, -0.1) is 0 Å². The zero-order chi connectivity index (χ0) is 9.68. The van der Waals surface area contributed by atoms with Gasteiger partial charge in [0, 0.05) is 0 Å². The van der Waals surface area contributed by atoms with Crippen LogP contribution in [-0.2, 0) is 9.47 Å². The highest BCUT2D eigenvalue weighted by Crippen LogP contribution is 2.05. The van der Waals surface area contributed by atoms with Crippen molar-refractivity contribution in [3.05, 3.63) is 23.1 Å². The van der Waals surface area contributed by atoms with Crippen LogP contribution in [0.25, 0.3) is 0 Å². The Labute approximate surface area is 70.8 Å². The molecule has 0 aliphatic carbocycles. The van der Waals surface area contributed by atoms with Crippen LogP contribution in [0.5, 0.6) is 0 Å². The molecule has 72 valence electrons. The fourth-order valence-electron chi connectivity index (χ4n) is 0.500. The van der Waals surface area contributed by atoms with Gasteiger partial charge in [-0.2, -0.15) is 4.39 Å². The molecule has 0 aromatic carbocycles. The van der Waals surface area contributed by atoms with E-state index in [0.29, 0.717) is 0 Å². The predicted molar refractivity (Wildman–Crippen MR) is 34.6 cm³/mol. The molecule has 13 heavy (non-hydrogen) atoms. The second kappa shape index (κ2) is 4.29. The largest absolute Gasteiger partial charge is 0.518 e. The Morgan fingerprint density at radius 3 is 2.08 bits per heavy atom. The van der Waals surface area contributed by atoms with Crippen molar-refractivity contribution in [1.29, 1.82) is 0 Å². The van der Waals surface area contributed by atoms with Crippen LogP contribution in [0.3, 0.4) is 0 Å². The lowest BCUT2D eigenvalue weighted by atomic mass is 10.8. The predicted octanol–water partition coefficient (Wildman–Crippen LogP) is 0.682. The minimum Gasteiger partial charge on any atom is -0.427 e. The fraction of sp³-hybridized carbons (Fsp3) is 0.333. The van der Waals surface area contributed by atoms with Crippen LogP contribution >= 0.6 is 0 Å². The number of carbonyl (C=O) groups is 1. The number of alkyl halides is 1. The van der Waals surface area contributed by atoms with E-state index in [1.54, 1.807) is 0 Å². The van der Waals surface area contributed by atoms with E-state index >= 15 is 0 Å². The zero-order valence-corrected chi connectivity index (χ0v) is 6.27. The molecule has 0 spiro atoms. The van der Waals surface area contributed by atoms with Crippen LogP contribution < -0.4 is 5.82 Å². The molecule has 1 atom stereocenters. The maximum Gasteiger partial charge on any atom is 0.518 e. The maximum absolute atomic E-state index is 11.6. The number of carbonyl (C=O) groups excluding carboxylic acids is 1. The van der Waals surface area contributed by atoms with Gasteiger partial charge in [-0.3, -0.25) is 0 Å². The molecule has 0 N–H and O–H groups in total. The van der Waals surface area contributed by atoms with Crippen molar-refractivity contribution < 1.29 is 27.5 Å². The second-order valence-electron chi connectivity index (χ2n) is 1.85. The summed E-state index contributed by atoms with van der Waals surface area (Å²) >= 11 is 0. The minimum absolute atomic E-state index is 0.265. The van der Waals surface area contributed by atoms with Crippen molar-refractivity contribution in [3.63, 3.8) is 0 Å². The third-order valence-electron chi connectivity index (χ3n) is 0.940. The Balaban J connectivity index is 0.000000132.